The quantitative estimate of drug-likeness (QED) is 0.651. The van der Waals surface area contributed by atoms with Gasteiger partial charge in [-0.2, -0.15) is 0 Å². The molecule has 0 saturated heterocycles. The average molecular weight is 376 g/mol. The maximum Gasteiger partial charge on any atom is 0.227 e. The van der Waals surface area contributed by atoms with Gasteiger partial charge in [0.25, 0.3) is 0 Å². The van der Waals surface area contributed by atoms with E-state index in [0.29, 0.717) is 30.1 Å². The van der Waals surface area contributed by atoms with E-state index in [1.807, 2.05) is 20.8 Å². The van der Waals surface area contributed by atoms with Crippen LogP contribution in [0.3, 0.4) is 0 Å². The molecular weight excluding hydrogens is 349 g/mol. The third-order valence-corrected chi connectivity index (χ3v) is 4.81. The van der Waals surface area contributed by atoms with E-state index in [4.69, 9.17) is 17.3 Å². The first-order valence-electron chi connectivity index (χ1n) is 7.93. The normalized spacial score (nSPS) is 10.7. The first-order valence-corrected chi connectivity index (χ1v) is 8.31. The van der Waals surface area contributed by atoms with E-state index in [9.17, 15) is 9.59 Å². The molecule has 0 aliphatic rings. The van der Waals surface area contributed by atoms with E-state index in [1.54, 1.807) is 18.2 Å². The average Bonchev–Trinajstić information content (AvgIpc) is 2.54. The molecule has 1 aromatic rings. The third-order valence-electron chi connectivity index (χ3n) is 4.41. The molecule has 0 saturated carbocycles. The number of hydrogen-bond acceptors (Lipinski definition) is 3. The molecule has 4 N–H and O–H groups in total. The van der Waals surface area contributed by atoms with Crippen molar-refractivity contribution in [2.75, 3.05) is 18.4 Å². The van der Waals surface area contributed by atoms with Crippen molar-refractivity contribution >= 4 is 41.5 Å². The van der Waals surface area contributed by atoms with Crippen LogP contribution >= 0.6 is 24.0 Å². The van der Waals surface area contributed by atoms with Crippen LogP contribution in [0.5, 0.6) is 0 Å². The molecule has 7 heteroatoms. The highest BCUT2D eigenvalue weighted by Crippen LogP contribution is 2.25. The minimum absolute atomic E-state index is 0. The highest BCUT2D eigenvalue weighted by atomic mass is 35.5. The van der Waals surface area contributed by atoms with Crippen LogP contribution in [0.25, 0.3) is 0 Å². The second kappa shape index (κ2) is 10.5. The number of benzene rings is 1. The molecule has 136 valence electrons. The number of nitrogens with one attached hydrogen (secondary N) is 2. The summed E-state index contributed by atoms with van der Waals surface area (Å²) in [6.07, 6.45) is 1.56. The van der Waals surface area contributed by atoms with Gasteiger partial charge in [-0.05, 0) is 37.5 Å². The van der Waals surface area contributed by atoms with Crippen molar-refractivity contribution in [2.24, 2.45) is 11.1 Å². The molecule has 1 aromatic carbocycles. The summed E-state index contributed by atoms with van der Waals surface area (Å²) < 4.78 is 0. The van der Waals surface area contributed by atoms with Gasteiger partial charge in [0.15, 0.2) is 0 Å². The molecule has 0 aliphatic heterocycles. The summed E-state index contributed by atoms with van der Waals surface area (Å²) >= 11 is 6.02. The molecule has 0 radical (unpaired) electrons. The summed E-state index contributed by atoms with van der Waals surface area (Å²) in [7, 11) is 0. The Morgan fingerprint density at radius 2 is 1.88 bits per heavy atom. The molecule has 0 spiro atoms. The maximum atomic E-state index is 12.3. The zero-order valence-corrected chi connectivity index (χ0v) is 16.0. The molecule has 0 unspecified atom stereocenters. The van der Waals surface area contributed by atoms with E-state index in [-0.39, 0.29) is 37.2 Å². The van der Waals surface area contributed by atoms with Crippen molar-refractivity contribution in [1.29, 1.82) is 0 Å². The predicted octanol–water partition coefficient (Wildman–Crippen LogP) is 3.28. The van der Waals surface area contributed by atoms with Gasteiger partial charge in [0, 0.05) is 30.2 Å². The third kappa shape index (κ3) is 5.65. The van der Waals surface area contributed by atoms with Crippen LogP contribution in [-0.4, -0.2) is 24.9 Å². The van der Waals surface area contributed by atoms with Crippen LogP contribution < -0.4 is 16.4 Å². The van der Waals surface area contributed by atoms with E-state index >= 15 is 0 Å². The van der Waals surface area contributed by atoms with Gasteiger partial charge in [-0.25, -0.2) is 0 Å². The van der Waals surface area contributed by atoms with Crippen LogP contribution in [0.15, 0.2) is 18.2 Å². The van der Waals surface area contributed by atoms with Gasteiger partial charge in [-0.15, -0.1) is 12.4 Å². The maximum absolute atomic E-state index is 12.3. The SMILES string of the molecule is CCC(CC)(CN)C(=O)NCCC(=O)Nc1cccc(Cl)c1C.Cl. The number of amides is 2. The second-order valence-electron chi connectivity index (χ2n) is 5.66. The van der Waals surface area contributed by atoms with Gasteiger partial charge >= 0.3 is 0 Å². The van der Waals surface area contributed by atoms with Gasteiger partial charge in [0.2, 0.25) is 11.8 Å². The minimum atomic E-state index is -0.542. The zero-order chi connectivity index (χ0) is 17.5. The first-order chi connectivity index (χ1) is 10.9. The van der Waals surface area contributed by atoms with E-state index in [1.165, 1.54) is 0 Å². The summed E-state index contributed by atoms with van der Waals surface area (Å²) in [6, 6.07) is 5.35. The standard InChI is InChI=1S/C17H26ClN3O2.ClH/c1-4-17(5-2,11-19)16(23)20-10-9-15(22)21-14-8-6-7-13(18)12(14)3;/h6-8H,4-5,9-11,19H2,1-3H3,(H,20,23)(H,21,22);1H. The minimum Gasteiger partial charge on any atom is -0.355 e. The lowest BCUT2D eigenvalue weighted by atomic mass is 9.81. The fourth-order valence-corrected chi connectivity index (χ4v) is 2.56. The topological polar surface area (TPSA) is 84.2 Å². The van der Waals surface area contributed by atoms with Gasteiger partial charge in [0.1, 0.15) is 0 Å². The Labute approximate surface area is 155 Å². The number of carbonyl (C=O) groups is 2. The molecule has 2 amide bonds. The molecule has 0 aliphatic carbocycles. The van der Waals surface area contributed by atoms with E-state index in [0.717, 1.165) is 5.56 Å². The predicted molar refractivity (Wildman–Crippen MR) is 102 cm³/mol. The molecule has 0 atom stereocenters. The van der Waals surface area contributed by atoms with Crippen molar-refractivity contribution < 1.29 is 9.59 Å². The number of nitrogens with two attached hydrogens (primary N) is 1. The van der Waals surface area contributed by atoms with Crippen molar-refractivity contribution in [1.82, 2.24) is 5.32 Å². The van der Waals surface area contributed by atoms with E-state index in [2.05, 4.69) is 10.6 Å². The number of hydrogen-bond donors (Lipinski definition) is 3. The summed E-state index contributed by atoms with van der Waals surface area (Å²) in [4.78, 5) is 24.2. The fourth-order valence-electron chi connectivity index (χ4n) is 2.39. The first kappa shape index (κ1) is 22.7. The lowest BCUT2D eigenvalue weighted by Gasteiger charge is -2.28. The lowest BCUT2D eigenvalue weighted by molar-refractivity contribution is -0.131. The van der Waals surface area contributed by atoms with Crippen LogP contribution in [0, 0.1) is 12.3 Å². The monoisotopic (exact) mass is 375 g/mol. The largest absolute Gasteiger partial charge is 0.355 e. The number of carbonyl (C=O) groups excluding carboxylic acids is 2. The Hall–Kier alpha value is -1.30. The summed E-state index contributed by atoms with van der Waals surface area (Å²) in [5.41, 5.74) is 6.71. The molecule has 0 heterocycles. The Morgan fingerprint density at radius 3 is 2.42 bits per heavy atom. The molecule has 0 aromatic heterocycles. The second-order valence-corrected chi connectivity index (χ2v) is 6.07. The van der Waals surface area contributed by atoms with Gasteiger partial charge in [-0.1, -0.05) is 31.5 Å². The van der Waals surface area contributed by atoms with Crippen molar-refractivity contribution in [3.05, 3.63) is 28.8 Å². The summed E-state index contributed by atoms with van der Waals surface area (Å²) in [5, 5.41) is 6.23. The molecule has 0 bridgehead atoms. The number of rotatable bonds is 8. The van der Waals surface area contributed by atoms with Crippen LogP contribution in [0.2, 0.25) is 5.02 Å². The summed E-state index contributed by atoms with van der Waals surface area (Å²) in [6.45, 7) is 6.33. The van der Waals surface area contributed by atoms with Crippen molar-refractivity contribution in [3.8, 4) is 0 Å². The highest BCUT2D eigenvalue weighted by Gasteiger charge is 2.32. The van der Waals surface area contributed by atoms with Gasteiger partial charge in [-0.3, -0.25) is 9.59 Å². The molecule has 1 rings (SSSR count). The fraction of sp³-hybridized carbons (Fsp3) is 0.529. The molecule has 0 fully saturated rings. The van der Waals surface area contributed by atoms with E-state index < -0.39 is 5.41 Å². The molecular formula is C17H27Cl2N3O2. The Morgan fingerprint density at radius 1 is 1.25 bits per heavy atom. The van der Waals surface area contributed by atoms with Crippen LogP contribution in [-0.2, 0) is 9.59 Å². The Balaban J connectivity index is 0.00000529. The summed E-state index contributed by atoms with van der Waals surface area (Å²) in [5.74, 6) is -0.251. The smallest absolute Gasteiger partial charge is 0.227 e. The van der Waals surface area contributed by atoms with Gasteiger partial charge in [0.05, 0.1) is 5.41 Å². The number of halogens is 2. The molecule has 24 heavy (non-hydrogen) atoms. The van der Waals surface area contributed by atoms with Gasteiger partial charge < -0.3 is 16.4 Å². The highest BCUT2D eigenvalue weighted by molar-refractivity contribution is 6.31. The Bertz CT molecular complexity index is 553. The lowest BCUT2D eigenvalue weighted by Crippen LogP contribution is -2.45. The zero-order valence-electron chi connectivity index (χ0n) is 14.4. The molecule has 5 nitrogen and oxygen atoms in total. The Kier molecular flexibility index (Phi) is 9.97. The van der Waals surface area contributed by atoms with Crippen LogP contribution in [0.1, 0.15) is 38.7 Å². The van der Waals surface area contributed by atoms with Crippen molar-refractivity contribution in [3.63, 3.8) is 0 Å². The van der Waals surface area contributed by atoms with Crippen LogP contribution in [0.4, 0.5) is 5.69 Å². The number of anilines is 1. The van der Waals surface area contributed by atoms with Crippen molar-refractivity contribution in [2.45, 2.75) is 40.0 Å².